The molecule has 0 amide bonds. The second-order valence-electron chi connectivity index (χ2n) is 4.98. The molecule has 0 saturated heterocycles. The minimum absolute atomic E-state index is 0.126. The zero-order chi connectivity index (χ0) is 16.2. The van der Waals surface area contributed by atoms with Gasteiger partial charge in [0.05, 0.1) is 12.2 Å². The third-order valence-corrected chi connectivity index (χ3v) is 5.27. The number of rotatable bonds is 7. The predicted molar refractivity (Wildman–Crippen MR) is 76.1 cm³/mol. The molecule has 4 nitrogen and oxygen atoms in total. The lowest BCUT2D eigenvalue weighted by molar-refractivity contribution is 0.267. The van der Waals surface area contributed by atoms with Gasteiger partial charge in [-0.3, -0.25) is 0 Å². The van der Waals surface area contributed by atoms with Gasteiger partial charge in [0.2, 0.25) is 10.0 Å². The van der Waals surface area contributed by atoms with Crippen LogP contribution in [0.25, 0.3) is 0 Å². The van der Waals surface area contributed by atoms with Crippen LogP contribution in [0.1, 0.15) is 39.2 Å². The second kappa shape index (κ2) is 7.29. The van der Waals surface area contributed by atoms with Gasteiger partial charge in [0, 0.05) is 6.04 Å². The van der Waals surface area contributed by atoms with Crippen LogP contribution in [0.5, 0.6) is 0 Å². The molecule has 0 bridgehead atoms. The zero-order valence-corrected chi connectivity index (χ0v) is 13.2. The highest BCUT2D eigenvalue weighted by Crippen LogP contribution is 2.22. The van der Waals surface area contributed by atoms with E-state index in [0.29, 0.717) is 0 Å². The van der Waals surface area contributed by atoms with E-state index in [1.165, 1.54) is 0 Å². The molecule has 0 aliphatic rings. The molecule has 0 aliphatic carbocycles. The first-order chi connectivity index (χ1) is 9.78. The Morgan fingerprint density at radius 3 is 2.29 bits per heavy atom. The molecule has 1 aromatic rings. The van der Waals surface area contributed by atoms with Crippen molar-refractivity contribution in [2.75, 3.05) is 0 Å². The van der Waals surface area contributed by atoms with Gasteiger partial charge in [0.1, 0.15) is 10.7 Å². The van der Waals surface area contributed by atoms with E-state index in [2.05, 4.69) is 4.72 Å². The van der Waals surface area contributed by atoms with Crippen molar-refractivity contribution in [2.24, 2.45) is 5.92 Å². The van der Waals surface area contributed by atoms with Crippen molar-refractivity contribution in [2.45, 2.75) is 51.2 Å². The van der Waals surface area contributed by atoms with E-state index in [-0.39, 0.29) is 12.0 Å². The van der Waals surface area contributed by atoms with Crippen LogP contribution in [0.3, 0.4) is 0 Å². The van der Waals surface area contributed by atoms with Crippen LogP contribution in [0.15, 0.2) is 17.0 Å². The van der Waals surface area contributed by atoms with Crippen molar-refractivity contribution in [1.29, 1.82) is 0 Å². The van der Waals surface area contributed by atoms with Gasteiger partial charge in [0.15, 0.2) is 5.82 Å². The monoisotopic (exact) mass is 321 g/mol. The lowest BCUT2D eigenvalue weighted by atomic mass is 9.96. The molecule has 7 heteroatoms. The average Bonchev–Trinajstić information content (AvgIpc) is 2.39. The standard InChI is InChI=1S/C14H21F2NO3S/c1-4-10(5-2)9(3)17-21(19,20)13-7-6-12(15)11(8-18)14(13)16/h6-7,9-10,17-18H,4-5,8H2,1-3H3. The van der Waals surface area contributed by atoms with E-state index >= 15 is 0 Å². The summed E-state index contributed by atoms with van der Waals surface area (Å²) in [7, 11) is -4.11. The molecule has 1 rings (SSSR count). The summed E-state index contributed by atoms with van der Waals surface area (Å²) in [6.45, 7) is 4.70. The number of benzene rings is 1. The van der Waals surface area contributed by atoms with E-state index in [4.69, 9.17) is 5.11 Å². The topological polar surface area (TPSA) is 66.4 Å². The molecule has 0 aromatic heterocycles. The van der Waals surface area contributed by atoms with Crippen molar-refractivity contribution in [1.82, 2.24) is 4.72 Å². The first-order valence-electron chi connectivity index (χ1n) is 6.88. The Morgan fingerprint density at radius 1 is 1.24 bits per heavy atom. The summed E-state index contributed by atoms with van der Waals surface area (Å²) < 4.78 is 54.2. The van der Waals surface area contributed by atoms with Gasteiger partial charge in [-0.1, -0.05) is 26.7 Å². The summed E-state index contributed by atoms with van der Waals surface area (Å²) in [5.74, 6) is -2.09. The molecule has 2 N–H and O–H groups in total. The summed E-state index contributed by atoms with van der Waals surface area (Å²) in [5.41, 5.74) is -0.645. The Balaban J connectivity index is 3.15. The van der Waals surface area contributed by atoms with Crippen LogP contribution in [0.2, 0.25) is 0 Å². The maximum Gasteiger partial charge on any atom is 0.243 e. The molecule has 1 atom stereocenters. The van der Waals surface area contributed by atoms with Crippen molar-refractivity contribution >= 4 is 10.0 Å². The Morgan fingerprint density at radius 2 is 1.81 bits per heavy atom. The van der Waals surface area contributed by atoms with Gasteiger partial charge >= 0.3 is 0 Å². The van der Waals surface area contributed by atoms with Crippen molar-refractivity contribution < 1.29 is 22.3 Å². The maximum absolute atomic E-state index is 14.0. The van der Waals surface area contributed by atoms with E-state index in [1.54, 1.807) is 6.92 Å². The highest BCUT2D eigenvalue weighted by atomic mass is 32.2. The molecule has 1 aromatic carbocycles. The molecule has 1 unspecified atom stereocenters. The van der Waals surface area contributed by atoms with Gasteiger partial charge in [-0.15, -0.1) is 0 Å². The largest absolute Gasteiger partial charge is 0.391 e. The minimum atomic E-state index is -4.11. The number of aliphatic hydroxyl groups is 1. The number of halogens is 2. The quantitative estimate of drug-likeness (QED) is 0.811. The van der Waals surface area contributed by atoms with Gasteiger partial charge in [-0.25, -0.2) is 21.9 Å². The lowest BCUT2D eigenvalue weighted by Gasteiger charge is -2.22. The number of sulfonamides is 1. The van der Waals surface area contributed by atoms with Crippen LogP contribution in [0.4, 0.5) is 8.78 Å². The molecular formula is C14H21F2NO3S. The second-order valence-corrected chi connectivity index (χ2v) is 6.67. The molecule has 120 valence electrons. The maximum atomic E-state index is 14.0. The number of aliphatic hydroxyl groups excluding tert-OH is 1. The van der Waals surface area contributed by atoms with Gasteiger partial charge in [0.25, 0.3) is 0 Å². The summed E-state index contributed by atoms with van der Waals surface area (Å²) in [6, 6.07) is 1.34. The normalized spacial score (nSPS) is 13.7. The third-order valence-electron chi connectivity index (χ3n) is 3.70. The first kappa shape index (κ1) is 18.0. The molecule has 21 heavy (non-hydrogen) atoms. The average molecular weight is 321 g/mol. The fourth-order valence-electron chi connectivity index (χ4n) is 2.33. The number of hydrogen-bond donors (Lipinski definition) is 2. The van der Waals surface area contributed by atoms with Crippen molar-refractivity contribution in [3.63, 3.8) is 0 Å². The highest BCUT2D eigenvalue weighted by molar-refractivity contribution is 7.89. The fraction of sp³-hybridized carbons (Fsp3) is 0.571. The predicted octanol–water partition coefficient (Wildman–Crippen LogP) is 2.56. The molecule has 0 aliphatic heterocycles. The first-order valence-corrected chi connectivity index (χ1v) is 8.36. The van der Waals surface area contributed by atoms with E-state index in [0.717, 1.165) is 25.0 Å². The Labute approximate surface area is 124 Å². The van der Waals surface area contributed by atoms with Gasteiger partial charge in [-0.2, -0.15) is 0 Å². The smallest absolute Gasteiger partial charge is 0.243 e. The number of hydrogen-bond acceptors (Lipinski definition) is 3. The minimum Gasteiger partial charge on any atom is -0.391 e. The summed E-state index contributed by atoms with van der Waals surface area (Å²) in [6.07, 6.45) is 1.57. The fourth-order valence-corrected chi connectivity index (χ4v) is 3.74. The summed E-state index contributed by atoms with van der Waals surface area (Å²) in [5, 5.41) is 8.94. The molecule has 0 radical (unpaired) electrons. The van der Waals surface area contributed by atoms with Gasteiger partial charge < -0.3 is 5.11 Å². The molecule has 0 saturated carbocycles. The van der Waals surface area contributed by atoms with Crippen LogP contribution >= 0.6 is 0 Å². The van der Waals surface area contributed by atoms with Crippen LogP contribution in [0, 0.1) is 17.6 Å². The van der Waals surface area contributed by atoms with Crippen molar-refractivity contribution in [3.8, 4) is 0 Å². The van der Waals surface area contributed by atoms with Crippen molar-refractivity contribution in [3.05, 3.63) is 29.3 Å². The molecule has 0 spiro atoms. The highest BCUT2D eigenvalue weighted by Gasteiger charge is 2.26. The van der Waals surface area contributed by atoms with Crippen LogP contribution < -0.4 is 4.72 Å². The molecular weight excluding hydrogens is 300 g/mol. The Kier molecular flexibility index (Phi) is 6.24. The van der Waals surface area contributed by atoms with E-state index in [1.807, 2.05) is 13.8 Å². The lowest BCUT2D eigenvalue weighted by Crippen LogP contribution is -2.38. The van der Waals surface area contributed by atoms with Crippen LogP contribution in [-0.4, -0.2) is 19.6 Å². The third kappa shape index (κ3) is 3.99. The van der Waals surface area contributed by atoms with E-state index in [9.17, 15) is 17.2 Å². The number of nitrogens with one attached hydrogen (secondary N) is 1. The Bertz CT molecular complexity index is 586. The zero-order valence-electron chi connectivity index (χ0n) is 12.4. The molecule has 0 heterocycles. The van der Waals surface area contributed by atoms with Crippen LogP contribution in [-0.2, 0) is 16.6 Å². The van der Waals surface area contributed by atoms with E-state index < -0.39 is 38.7 Å². The molecule has 0 fully saturated rings. The summed E-state index contributed by atoms with van der Waals surface area (Å²) >= 11 is 0. The van der Waals surface area contributed by atoms with Gasteiger partial charge in [-0.05, 0) is 25.0 Å². The summed E-state index contributed by atoms with van der Waals surface area (Å²) in [4.78, 5) is -0.647. The Hall–Kier alpha value is -1.05. The SMILES string of the molecule is CCC(CC)C(C)NS(=O)(=O)c1ccc(F)c(CO)c1F.